The highest BCUT2D eigenvalue weighted by molar-refractivity contribution is 5.90. The third kappa shape index (κ3) is 5.59. The summed E-state index contributed by atoms with van der Waals surface area (Å²) in [5.74, 6) is 0.0308. The van der Waals surface area contributed by atoms with Gasteiger partial charge in [-0.3, -0.25) is 14.9 Å². The van der Waals surface area contributed by atoms with E-state index in [9.17, 15) is 35.0 Å². The summed E-state index contributed by atoms with van der Waals surface area (Å²) >= 11 is 0. The average molecular weight is 602 g/mol. The Morgan fingerprint density at radius 1 is 1.09 bits per heavy atom. The van der Waals surface area contributed by atoms with Gasteiger partial charge in [0.15, 0.2) is 0 Å². The first-order chi connectivity index (χ1) is 20.3. The standard InChI is InChI=1S/C33H47NO9/c1-18(5-10-29(38)43-17-20-7-6-19(31(39)42-4)13-26(20)34(40)41)23-8-9-24-30-25(16-28(37)33(23,24)3)32(2)12-11-22(35)14-21(32)15-27(30)36/h6-7,13,18,21-25,27-28,30,35-37H,5,8-12,14-17H2,1-4H3. The van der Waals surface area contributed by atoms with Gasteiger partial charge >= 0.3 is 11.9 Å². The molecule has 4 fully saturated rings. The fourth-order valence-corrected chi connectivity index (χ4v) is 10.0. The van der Waals surface area contributed by atoms with E-state index in [1.54, 1.807) is 0 Å². The van der Waals surface area contributed by atoms with Crippen LogP contribution < -0.4 is 0 Å². The normalized spacial score (nSPS) is 39.1. The summed E-state index contributed by atoms with van der Waals surface area (Å²) in [6.45, 7) is 6.36. The number of nitro benzene ring substituents is 1. The Hall–Kier alpha value is -2.56. The minimum Gasteiger partial charge on any atom is -0.465 e. The van der Waals surface area contributed by atoms with Crippen molar-refractivity contribution in [3.63, 3.8) is 0 Å². The molecule has 0 aromatic heterocycles. The van der Waals surface area contributed by atoms with Crippen molar-refractivity contribution >= 4 is 17.6 Å². The number of ether oxygens (including phenoxy) is 2. The number of carbonyl (C=O) groups is 2. The molecule has 3 N–H and O–H groups in total. The number of methoxy groups -OCH3 is 1. The van der Waals surface area contributed by atoms with Gasteiger partial charge in [0, 0.05) is 12.5 Å². The fourth-order valence-electron chi connectivity index (χ4n) is 10.0. The zero-order chi connectivity index (χ0) is 31.3. The van der Waals surface area contributed by atoms with Gasteiger partial charge in [-0.25, -0.2) is 4.79 Å². The van der Waals surface area contributed by atoms with E-state index in [-0.39, 0.29) is 82.3 Å². The van der Waals surface area contributed by atoms with Crippen molar-refractivity contribution in [2.24, 2.45) is 46.3 Å². The molecule has 5 rings (SSSR count). The Morgan fingerprint density at radius 2 is 1.84 bits per heavy atom. The number of fused-ring (bicyclic) bond motifs is 5. The summed E-state index contributed by atoms with van der Waals surface area (Å²) in [7, 11) is 1.19. The zero-order valence-electron chi connectivity index (χ0n) is 25.7. The van der Waals surface area contributed by atoms with E-state index in [2.05, 4.69) is 25.5 Å². The summed E-state index contributed by atoms with van der Waals surface area (Å²) in [6.07, 6.45) is 5.20. The molecule has 238 valence electrons. The number of carbonyl (C=O) groups excluding carboxylic acids is 2. The number of nitrogens with zero attached hydrogens (tertiary/aromatic N) is 1. The number of aliphatic hydroxyl groups is 3. The molecule has 0 aliphatic heterocycles. The number of aliphatic hydroxyl groups excluding tert-OH is 3. The molecule has 0 saturated heterocycles. The molecule has 10 heteroatoms. The molecule has 1 aromatic carbocycles. The van der Waals surface area contributed by atoms with Gasteiger partial charge in [0.05, 0.1) is 41.5 Å². The van der Waals surface area contributed by atoms with Crippen LogP contribution in [0.3, 0.4) is 0 Å². The Bertz CT molecular complexity index is 1240. The van der Waals surface area contributed by atoms with Crippen LogP contribution in [0.5, 0.6) is 0 Å². The van der Waals surface area contributed by atoms with Gasteiger partial charge in [-0.1, -0.05) is 20.8 Å². The monoisotopic (exact) mass is 601 g/mol. The predicted molar refractivity (Wildman–Crippen MR) is 157 cm³/mol. The van der Waals surface area contributed by atoms with Crippen molar-refractivity contribution in [2.75, 3.05) is 7.11 Å². The van der Waals surface area contributed by atoms with Crippen LogP contribution >= 0.6 is 0 Å². The van der Waals surface area contributed by atoms with E-state index in [1.807, 2.05) is 0 Å². The van der Waals surface area contributed by atoms with Crippen LogP contribution in [0.2, 0.25) is 0 Å². The third-order valence-corrected chi connectivity index (χ3v) is 12.4. The number of esters is 2. The summed E-state index contributed by atoms with van der Waals surface area (Å²) < 4.78 is 10.0. The molecule has 0 bridgehead atoms. The predicted octanol–water partition coefficient (Wildman–Crippen LogP) is 4.80. The number of rotatable bonds is 8. The highest BCUT2D eigenvalue weighted by Gasteiger charge is 2.65. The lowest BCUT2D eigenvalue weighted by Crippen LogP contribution is -2.62. The lowest BCUT2D eigenvalue weighted by Gasteiger charge is -2.63. The molecule has 10 nitrogen and oxygen atoms in total. The largest absolute Gasteiger partial charge is 0.465 e. The molecular formula is C33H47NO9. The summed E-state index contributed by atoms with van der Waals surface area (Å²) in [4.78, 5) is 35.4. The minimum atomic E-state index is -0.688. The molecule has 0 heterocycles. The summed E-state index contributed by atoms with van der Waals surface area (Å²) in [6, 6.07) is 3.92. The number of nitro groups is 1. The van der Waals surface area contributed by atoms with Gasteiger partial charge in [-0.2, -0.15) is 0 Å². The molecule has 4 aliphatic rings. The second-order valence-electron chi connectivity index (χ2n) is 14.3. The third-order valence-electron chi connectivity index (χ3n) is 12.4. The van der Waals surface area contributed by atoms with Crippen LogP contribution in [0.4, 0.5) is 5.69 Å². The Labute approximate surface area is 253 Å². The molecule has 4 saturated carbocycles. The number of hydrogen-bond donors (Lipinski definition) is 3. The highest BCUT2D eigenvalue weighted by Crippen LogP contribution is 2.68. The zero-order valence-corrected chi connectivity index (χ0v) is 25.7. The molecule has 43 heavy (non-hydrogen) atoms. The van der Waals surface area contributed by atoms with E-state index in [0.29, 0.717) is 19.3 Å². The van der Waals surface area contributed by atoms with Crippen LogP contribution in [-0.4, -0.2) is 57.6 Å². The van der Waals surface area contributed by atoms with E-state index < -0.39 is 29.1 Å². The smallest absolute Gasteiger partial charge is 0.338 e. The second kappa shape index (κ2) is 12.1. The van der Waals surface area contributed by atoms with Gasteiger partial charge < -0.3 is 24.8 Å². The Morgan fingerprint density at radius 3 is 2.53 bits per heavy atom. The van der Waals surface area contributed by atoms with Gasteiger partial charge in [-0.15, -0.1) is 0 Å². The first kappa shape index (κ1) is 31.9. The van der Waals surface area contributed by atoms with Gasteiger partial charge in [0.1, 0.15) is 6.61 Å². The van der Waals surface area contributed by atoms with Crippen molar-refractivity contribution in [2.45, 2.75) is 103 Å². The molecule has 11 unspecified atom stereocenters. The molecule has 11 atom stereocenters. The minimum absolute atomic E-state index is 0.0214. The average Bonchev–Trinajstić information content (AvgIpc) is 3.34. The van der Waals surface area contributed by atoms with Crippen LogP contribution in [0.1, 0.15) is 94.5 Å². The first-order valence-electron chi connectivity index (χ1n) is 15.9. The van der Waals surface area contributed by atoms with E-state index in [4.69, 9.17) is 4.74 Å². The van der Waals surface area contributed by atoms with Gasteiger partial charge in [0.25, 0.3) is 5.69 Å². The Balaban J connectivity index is 1.21. The number of hydrogen-bond acceptors (Lipinski definition) is 9. The maximum absolute atomic E-state index is 12.7. The van der Waals surface area contributed by atoms with Crippen LogP contribution in [0.15, 0.2) is 18.2 Å². The molecule has 4 aliphatic carbocycles. The van der Waals surface area contributed by atoms with Crippen molar-refractivity contribution < 1.29 is 39.3 Å². The molecular weight excluding hydrogens is 554 g/mol. The first-order valence-corrected chi connectivity index (χ1v) is 15.9. The van der Waals surface area contributed by atoms with Crippen LogP contribution in [0, 0.1) is 56.5 Å². The Kier molecular flexibility index (Phi) is 8.95. The maximum Gasteiger partial charge on any atom is 0.338 e. The van der Waals surface area contributed by atoms with Crippen molar-refractivity contribution in [3.05, 3.63) is 39.4 Å². The molecule has 0 radical (unpaired) electrons. The summed E-state index contributed by atoms with van der Waals surface area (Å²) in [5, 5.41) is 45.1. The van der Waals surface area contributed by atoms with Crippen LogP contribution in [-0.2, 0) is 20.9 Å². The molecule has 0 amide bonds. The summed E-state index contributed by atoms with van der Waals surface area (Å²) in [5.41, 5.74) is -0.407. The van der Waals surface area contributed by atoms with Crippen molar-refractivity contribution in [3.8, 4) is 0 Å². The van der Waals surface area contributed by atoms with Crippen molar-refractivity contribution in [1.82, 2.24) is 0 Å². The SMILES string of the molecule is COC(=O)c1ccc(COC(=O)CCC(C)C2CCC3C4C(O)CC5CC(O)CCC5(C)C4CC(O)C23C)c([N+](=O)[O-])c1. The lowest BCUT2D eigenvalue weighted by molar-refractivity contribution is -0.385. The van der Waals surface area contributed by atoms with Crippen molar-refractivity contribution in [1.29, 1.82) is 0 Å². The lowest BCUT2D eigenvalue weighted by atomic mass is 9.43. The van der Waals surface area contributed by atoms with Crippen LogP contribution in [0.25, 0.3) is 0 Å². The number of benzene rings is 1. The quantitative estimate of drug-likeness (QED) is 0.216. The second-order valence-corrected chi connectivity index (χ2v) is 14.3. The molecule has 0 spiro atoms. The van der Waals surface area contributed by atoms with E-state index in [1.165, 1.54) is 19.2 Å². The van der Waals surface area contributed by atoms with E-state index in [0.717, 1.165) is 38.2 Å². The van der Waals surface area contributed by atoms with Gasteiger partial charge in [0.2, 0.25) is 0 Å². The van der Waals surface area contributed by atoms with E-state index >= 15 is 0 Å². The maximum atomic E-state index is 12.7. The fraction of sp³-hybridized carbons (Fsp3) is 0.758. The van der Waals surface area contributed by atoms with Gasteiger partial charge in [-0.05, 0) is 110 Å². The molecule has 1 aromatic rings. The topological polar surface area (TPSA) is 156 Å². The highest BCUT2D eigenvalue weighted by atomic mass is 16.6.